The molecule has 3 amide bonds. The molecule has 0 bridgehead atoms. The summed E-state index contributed by atoms with van der Waals surface area (Å²) < 4.78 is 0. The maximum atomic E-state index is 13.1. The Labute approximate surface area is 227 Å². The SMILES string of the molecule is CCCNC1CCc2nc(NC(=O)c3cccc(C4CCCN4C(=O)Nc4ccc(C#N)cc4)c3)sc2C1. The number of nitriles is 1. The zero-order valence-electron chi connectivity index (χ0n) is 21.5. The van der Waals surface area contributed by atoms with Gasteiger partial charge in [0.2, 0.25) is 0 Å². The van der Waals surface area contributed by atoms with E-state index in [0.29, 0.717) is 34.5 Å². The first-order chi connectivity index (χ1) is 18.5. The number of rotatable bonds is 7. The quantitative estimate of drug-likeness (QED) is 0.375. The first kappa shape index (κ1) is 25.9. The van der Waals surface area contributed by atoms with E-state index >= 15 is 0 Å². The Balaban J connectivity index is 1.24. The van der Waals surface area contributed by atoms with Crippen molar-refractivity contribution in [2.24, 2.45) is 0 Å². The third kappa shape index (κ3) is 5.87. The molecular weight excluding hydrogens is 496 g/mol. The molecule has 1 aliphatic heterocycles. The number of aromatic nitrogens is 1. The van der Waals surface area contributed by atoms with Gasteiger partial charge < -0.3 is 15.5 Å². The fraction of sp³-hybridized carbons (Fsp3) is 0.379. The number of aryl methyl sites for hydroxylation is 1. The van der Waals surface area contributed by atoms with E-state index in [9.17, 15) is 9.59 Å². The first-order valence-electron chi connectivity index (χ1n) is 13.2. The molecule has 8 nitrogen and oxygen atoms in total. The van der Waals surface area contributed by atoms with Crippen LogP contribution in [-0.4, -0.2) is 41.0 Å². The molecule has 1 aliphatic carbocycles. The highest BCUT2D eigenvalue weighted by Gasteiger charge is 2.30. The highest BCUT2D eigenvalue weighted by molar-refractivity contribution is 7.15. The predicted octanol–water partition coefficient (Wildman–Crippen LogP) is 5.49. The van der Waals surface area contributed by atoms with Gasteiger partial charge >= 0.3 is 6.03 Å². The van der Waals surface area contributed by atoms with Crippen molar-refractivity contribution in [2.75, 3.05) is 23.7 Å². The fourth-order valence-corrected chi connectivity index (χ4v) is 6.27. The van der Waals surface area contributed by atoms with Crippen molar-refractivity contribution in [3.05, 3.63) is 75.8 Å². The van der Waals surface area contributed by atoms with Crippen LogP contribution in [0.25, 0.3) is 0 Å². The summed E-state index contributed by atoms with van der Waals surface area (Å²) in [5.74, 6) is -0.190. The van der Waals surface area contributed by atoms with E-state index in [1.54, 1.807) is 41.7 Å². The average molecular weight is 529 g/mol. The number of hydrogen-bond acceptors (Lipinski definition) is 6. The number of hydrogen-bond donors (Lipinski definition) is 3. The summed E-state index contributed by atoms with van der Waals surface area (Å²) in [6.07, 6.45) is 5.80. The van der Waals surface area contributed by atoms with E-state index in [1.807, 2.05) is 23.1 Å². The molecule has 0 saturated carbocycles. The second-order valence-electron chi connectivity index (χ2n) is 9.83. The normalized spacial score (nSPS) is 18.5. The summed E-state index contributed by atoms with van der Waals surface area (Å²) in [5.41, 5.74) is 3.78. The maximum absolute atomic E-state index is 13.1. The molecule has 1 aromatic heterocycles. The number of carbonyl (C=O) groups is 2. The summed E-state index contributed by atoms with van der Waals surface area (Å²) in [6.45, 7) is 3.84. The smallest absolute Gasteiger partial charge is 0.317 e. The highest BCUT2D eigenvalue weighted by atomic mass is 32.1. The van der Waals surface area contributed by atoms with Crippen molar-refractivity contribution in [1.82, 2.24) is 15.2 Å². The minimum atomic E-state index is -0.190. The summed E-state index contributed by atoms with van der Waals surface area (Å²) in [6, 6.07) is 16.6. The van der Waals surface area contributed by atoms with Crippen LogP contribution in [0.3, 0.4) is 0 Å². The Kier molecular flexibility index (Phi) is 8.01. The number of amides is 3. The first-order valence-corrected chi connectivity index (χ1v) is 14.1. The van der Waals surface area contributed by atoms with Crippen LogP contribution in [0.5, 0.6) is 0 Å². The van der Waals surface area contributed by atoms with E-state index in [2.05, 4.69) is 28.9 Å². The number of fused-ring (bicyclic) bond motifs is 1. The molecule has 196 valence electrons. The van der Waals surface area contributed by atoms with Crippen molar-refractivity contribution < 1.29 is 9.59 Å². The number of thiazole rings is 1. The lowest BCUT2D eigenvalue weighted by molar-refractivity contribution is 0.102. The Hall–Kier alpha value is -3.74. The lowest BCUT2D eigenvalue weighted by Crippen LogP contribution is -2.34. The Morgan fingerprint density at radius 2 is 2.00 bits per heavy atom. The molecule has 2 atom stereocenters. The average Bonchev–Trinajstić information content (AvgIpc) is 3.59. The molecule has 3 aromatic rings. The van der Waals surface area contributed by atoms with Crippen LogP contribution < -0.4 is 16.0 Å². The number of benzene rings is 2. The zero-order valence-corrected chi connectivity index (χ0v) is 22.3. The zero-order chi connectivity index (χ0) is 26.5. The van der Waals surface area contributed by atoms with Gasteiger partial charge in [0, 0.05) is 28.7 Å². The van der Waals surface area contributed by atoms with Gasteiger partial charge in [-0.25, -0.2) is 9.78 Å². The van der Waals surface area contributed by atoms with Crippen molar-refractivity contribution in [1.29, 1.82) is 5.26 Å². The van der Waals surface area contributed by atoms with Crippen molar-refractivity contribution in [3.63, 3.8) is 0 Å². The molecule has 0 radical (unpaired) electrons. The fourth-order valence-electron chi connectivity index (χ4n) is 5.19. The van der Waals surface area contributed by atoms with Gasteiger partial charge in [0.05, 0.1) is 23.4 Å². The monoisotopic (exact) mass is 528 g/mol. The molecule has 9 heteroatoms. The van der Waals surface area contributed by atoms with Crippen LogP contribution in [-0.2, 0) is 12.8 Å². The van der Waals surface area contributed by atoms with Gasteiger partial charge in [-0.05, 0) is 87.0 Å². The molecule has 2 unspecified atom stereocenters. The van der Waals surface area contributed by atoms with E-state index in [1.165, 1.54) is 4.88 Å². The van der Waals surface area contributed by atoms with E-state index in [0.717, 1.165) is 56.3 Å². The second kappa shape index (κ2) is 11.8. The van der Waals surface area contributed by atoms with Gasteiger partial charge in [-0.2, -0.15) is 5.26 Å². The van der Waals surface area contributed by atoms with Crippen LogP contribution >= 0.6 is 11.3 Å². The van der Waals surface area contributed by atoms with Gasteiger partial charge in [0.15, 0.2) is 5.13 Å². The number of carbonyl (C=O) groups excluding carboxylic acids is 2. The summed E-state index contributed by atoms with van der Waals surface area (Å²) in [7, 11) is 0. The topological polar surface area (TPSA) is 110 Å². The van der Waals surface area contributed by atoms with E-state index in [4.69, 9.17) is 10.2 Å². The standard InChI is InChI=1S/C29H32N6O2S/c1-2-14-31-23-12-13-24-26(17-23)38-28(33-24)34-27(36)21-6-3-5-20(16-21)25-7-4-15-35(25)29(37)32-22-10-8-19(18-30)9-11-22/h3,5-6,8-11,16,23,25,31H,2,4,7,12-15,17H2,1H3,(H,32,37)(H,33,34,36). The minimum absolute atomic E-state index is 0.110. The molecule has 2 aromatic carbocycles. The summed E-state index contributed by atoms with van der Waals surface area (Å²) >= 11 is 1.57. The van der Waals surface area contributed by atoms with Gasteiger partial charge in [-0.1, -0.05) is 19.1 Å². The Morgan fingerprint density at radius 3 is 2.79 bits per heavy atom. The second-order valence-corrected chi connectivity index (χ2v) is 10.9. The van der Waals surface area contributed by atoms with Crippen LogP contribution in [0.1, 0.15) is 70.7 Å². The maximum Gasteiger partial charge on any atom is 0.322 e. The molecule has 2 heterocycles. The molecule has 2 aliphatic rings. The number of nitrogens with one attached hydrogen (secondary N) is 3. The molecule has 0 spiro atoms. The number of nitrogens with zero attached hydrogens (tertiary/aromatic N) is 3. The lowest BCUT2D eigenvalue weighted by Gasteiger charge is -2.25. The molecule has 1 fully saturated rings. The minimum Gasteiger partial charge on any atom is -0.317 e. The van der Waals surface area contributed by atoms with Crippen LogP contribution in [0.2, 0.25) is 0 Å². The summed E-state index contributed by atoms with van der Waals surface area (Å²) in [4.78, 5) is 33.9. The van der Waals surface area contributed by atoms with Gasteiger partial charge in [0.1, 0.15) is 0 Å². The molecular formula is C29H32N6O2S. The Morgan fingerprint density at radius 1 is 1.16 bits per heavy atom. The molecule has 3 N–H and O–H groups in total. The van der Waals surface area contributed by atoms with Crippen LogP contribution in [0, 0.1) is 11.3 Å². The van der Waals surface area contributed by atoms with Crippen LogP contribution in [0.4, 0.5) is 15.6 Å². The van der Waals surface area contributed by atoms with E-state index < -0.39 is 0 Å². The number of likely N-dealkylation sites (tertiary alicyclic amines) is 1. The van der Waals surface area contributed by atoms with Crippen LogP contribution in [0.15, 0.2) is 48.5 Å². The number of anilines is 2. The summed E-state index contributed by atoms with van der Waals surface area (Å²) in [5, 5.41) is 19.2. The molecule has 38 heavy (non-hydrogen) atoms. The largest absolute Gasteiger partial charge is 0.322 e. The van der Waals surface area contributed by atoms with Crippen molar-refractivity contribution >= 4 is 34.1 Å². The third-order valence-electron chi connectivity index (χ3n) is 7.16. The van der Waals surface area contributed by atoms with Crippen molar-refractivity contribution in [2.45, 2.75) is 57.5 Å². The molecule has 5 rings (SSSR count). The highest BCUT2D eigenvalue weighted by Crippen LogP contribution is 2.34. The van der Waals surface area contributed by atoms with Gasteiger partial charge in [-0.15, -0.1) is 11.3 Å². The van der Waals surface area contributed by atoms with Gasteiger partial charge in [0.25, 0.3) is 5.91 Å². The number of urea groups is 1. The lowest BCUT2D eigenvalue weighted by atomic mass is 9.98. The van der Waals surface area contributed by atoms with E-state index in [-0.39, 0.29) is 18.0 Å². The third-order valence-corrected chi connectivity index (χ3v) is 8.19. The Bertz CT molecular complexity index is 1350. The molecule has 1 saturated heterocycles. The van der Waals surface area contributed by atoms with Crippen molar-refractivity contribution in [3.8, 4) is 6.07 Å². The predicted molar refractivity (Wildman–Crippen MR) is 149 cm³/mol. The van der Waals surface area contributed by atoms with Gasteiger partial charge in [-0.3, -0.25) is 10.1 Å².